The van der Waals surface area contributed by atoms with Gasteiger partial charge in [-0.25, -0.2) is 9.67 Å². The van der Waals surface area contributed by atoms with Crippen molar-refractivity contribution in [3.05, 3.63) is 42.4 Å². The molecule has 1 saturated heterocycles. The molecule has 2 aromatic heterocycles. The minimum Gasteiger partial charge on any atom is -0.372 e. The summed E-state index contributed by atoms with van der Waals surface area (Å²) in [5, 5.41) is 4.11. The summed E-state index contributed by atoms with van der Waals surface area (Å²) in [4.78, 5) is 18.6. The van der Waals surface area contributed by atoms with E-state index in [0.717, 1.165) is 0 Å². The van der Waals surface area contributed by atoms with Crippen molar-refractivity contribution in [1.82, 2.24) is 19.7 Å². The third-order valence-electron chi connectivity index (χ3n) is 3.44. The number of carbonyl (C=O) groups is 1. The van der Waals surface area contributed by atoms with E-state index in [1.807, 2.05) is 31.0 Å². The first-order valence-corrected chi connectivity index (χ1v) is 7.04. The van der Waals surface area contributed by atoms with Crippen LogP contribution in [0.5, 0.6) is 0 Å². The highest BCUT2D eigenvalue weighted by Crippen LogP contribution is 2.14. The zero-order chi connectivity index (χ0) is 14.8. The summed E-state index contributed by atoms with van der Waals surface area (Å²) in [5.41, 5.74) is 0.590. The van der Waals surface area contributed by atoms with Gasteiger partial charge in [-0.05, 0) is 32.0 Å². The van der Waals surface area contributed by atoms with Gasteiger partial charge in [-0.3, -0.25) is 4.79 Å². The third kappa shape index (κ3) is 2.95. The van der Waals surface area contributed by atoms with Crippen molar-refractivity contribution in [2.75, 3.05) is 13.1 Å². The number of ether oxygens (including phenoxy) is 1. The molecule has 0 aliphatic carbocycles. The molecule has 2 atom stereocenters. The normalized spacial score (nSPS) is 22.3. The molecular formula is C15H18N4O2. The van der Waals surface area contributed by atoms with Crippen LogP contribution in [0.2, 0.25) is 0 Å². The fourth-order valence-corrected chi connectivity index (χ4v) is 2.58. The van der Waals surface area contributed by atoms with Crippen molar-refractivity contribution < 1.29 is 9.53 Å². The second kappa shape index (κ2) is 5.65. The van der Waals surface area contributed by atoms with Gasteiger partial charge in [-0.1, -0.05) is 0 Å². The maximum atomic E-state index is 12.5. The second-order valence-electron chi connectivity index (χ2n) is 5.32. The van der Waals surface area contributed by atoms with Gasteiger partial charge in [0.15, 0.2) is 5.82 Å². The van der Waals surface area contributed by atoms with Crippen LogP contribution in [-0.4, -0.2) is 50.9 Å². The van der Waals surface area contributed by atoms with Crippen LogP contribution in [-0.2, 0) is 4.74 Å². The largest absolute Gasteiger partial charge is 0.372 e. The van der Waals surface area contributed by atoms with Crippen LogP contribution in [0.1, 0.15) is 24.2 Å². The van der Waals surface area contributed by atoms with Crippen LogP contribution < -0.4 is 0 Å². The molecular weight excluding hydrogens is 268 g/mol. The Morgan fingerprint density at radius 3 is 2.62 bits per heavy atom. The second-order valence-corrected chi connectivity index (χ2v) is 5.32. The van der Waals surface area contributed by atoms with Gasteiger partial charge < -0.3 is 9.64 Å². The van der Waals surface area contributed by atoms with E-state index in [2.05, 4.69) is 10.1 Å². The quantitative estimate of drug-likeness (QED) is 0.839. The first-order valence-electron chi connectivity index (χ1n) is 7.04. The number of amides is 1. The van der Waals surface area contributed by atoms with E-state index in [9.17, 15) is 4.79 Å². The van der Waals surface area contributed by atoms with Gasteiger partial charge in [0.2, 0.25) is 0 Å². The topological polar surface area (TPSA) is 60.2 Å². The lowest BCUT2D eigenvalue weighted by Crippen LogP contribution is -2.48. The molecule has 1 fully saturated rings. The van der Waals surface area contributed by atoms with Crippen molar-refractivity contribution in [3.8, 4) is 5.82 Å². The van der Waals surface area contributed by atoms with E-state index < -0.39 is 0 Å². The van der Waals surface area contributed by atoms with Crippen molar-refractivity contribution in [3.63, 3.8) is 0 Å². The molecule has 0 unspecified atom stereocenters. The molecule has 0 saturated carbocycles. The lowest BCUT2D eigenvalue weighted by atomic mass is 10.2. The third-order valence-corrected chi connectivity index (χ3v) is 3.44. The summed E-state index contributed by atoms with van der Waals surface area (Å²) in [7, 11) is 0. The molecule has 0 aromatic carbocycles. The maximum Gasteiger partial charge on any atom is 0.255 e. The highest BCUT2D eigenvalue weighted by molar-refractivity contribution is 5.94. The summed E-state index contributed by atoms with van der Waals surface area (Å²) >= 11 is 0. The van der Waals surface area contributed by atoms with E-state index in [0.29, 0.717) is 24.5 Å². The Morgan fingerprint density at radius 2 is 2.05 bits per heavy atom. The highest BCUT2D eigenvalue weighted by atomic mass is 16.5. The Kier molecular flexibility index (Phi) is 3.70. The minimum absolute atomic E-state index is 0.00323. The van der Waals surface area contributed by atoms with Gasteiger partial charge >= 0.3 is 0 Å². The van der Waals surface area contributed by atoms with Crippen molar-refractivity contribution in [2.24, 2.45) is 0 Å². The Labute approximate surface area is 123 Å². The zero-order valence-corrected chi connectivity index (χ0v) is 12.1. The summed E-state index contributed by atoms with van der Waals surface area (Å²) < 4.78 is 7.31. The molecule has 6 nitrogen and oxygen atoms in total. The summed E-state index contributed by atoms with van der Waals surface area (Å²) in [6, 6.07) is 5.42. The number of morpholine rings is 1. The first kappa shape index (κ1) is 13.8. The summed E-state index contributed by atoms with van der Waals surface area (Å²) in [6.45, 7) is 5.19. The van der Waals surface area contributed by atoms with Crippen molar-refractivity contribution in [2.45, 2.75) is 26.1 Å². The van der Waals surface area contributed by atoms with Gasteiger partial charge in [0, 0.05) is 31.7 Å². The van der Waals surface area contributed by atoms with E-state index in [1.54, 1.807) is 29.2 Å². The predicted octanol–water partition coefficient (Wildman–Crippen LogP) is 1.52. The standard InChI is InChI=1S/C15H18N4O2/c1-11-9-18(10-12(2)21-11)15(20)13-4-5-14(16-8-13)19-7-3-6-17-19/h3-8,11-12H,9-10H2,1-2H3/t11-,12-/m0/s1. The van der Waals surface area contributed by atoms with Crippen LogP contribution in [0.4, 0.5) is 0 Å². The van der Waals surface area contributed by atoms with Crippen LogP contribution in [0.15, 0.2) is 36.8 Å². The Hall–Kier alpha value is -2.21. The highest BCUT2D eigenvalue weighted by Gasteiger charge is 2.26. The molecule has 0 bridgehead atoms. The van der Waals surface area contributed by atoms with Gasteiger partial charge in [-0.2, -0.15) is 5.10 Å². The van der Waals surface area contributed by atoms with Gasteiger partial charge in [0.25, 0.3) is 5.91 Å². The number of hydrogen-bond acceptors (Lipinski definition) is 4. The Bertz CT molecular complexity index is 599. The fourth-order valence-electron chi connectivity index (χ4n) is 2.58. The van der Waals surface area contributed by atoms with Gasteiger partial charge in [-0.15, -0.1) is 0 Å². The number of rotatable bonds is 2. The lowest BCUT2D eigenvalue weighted by molar-refractivity contribution is -0.0586. The molecule has 0 spiro atoms. The monoisotopic (exact) mass is 286 g/mol. The van der Waals surface area contributed by atoms with E-state index in [-0.39, 0.29) is 18.1 Å². The minimum atomic E-state index is -0.00323. The SMILES string of the molecule is C[C@H]1CN(C(=O)c2ccc(-n3cccn3)nc2)C[C@H](C)O1. The van der Waals surface area contributed by atoms with Crippen LogP contribution in [0.25, 0.3) is 5.82 Å². The smallest absolute Gasteiger partial charge is 0.255 e. The molecule has 0 radical (unpaired) electrons. The van der Waals surface area contributed by atoms with Crippen LogP contribution in [0, 0.1) is 0 Å². The van der Waals surface area contributed by atoms with E-state index >= 15 is 0 Å². The average Bonchev–Trinajstić information content (AvgIpc) is 3.00. The van der Waals surface area contributed by atoms with Crippen molar-refractivity contribution in [1.29, 1.82) is 0 Å². The number of carbonyl (C=O) groups excluding carboxylic acids is 1. The molecule has 1 aliphatic rings. The molecule has 1 aliphatic heterocycles. The molecule has 3 rings (SSSR count). The fraction of sp³-hybridized carbons (Fsp3) is 0.400. The van der Waals surface area contributed by atoms with Gasteiger partial charge in [0.1, 0.15) is 0 Å². The molecule has 2 aromatic rings. The van der Waals surface area contributed by atoms with E-state index in [4.69, 9.17) is 4.74 Å². The average molecular weight is 286 g/mol. The number of pyridine rings is 1. The Morgan fingerprint density at radius 1 is 1.29 bits per heavy atom. The molecule has 21 heavy (non-hydrogen) atoms. The molecule has 3 heterocycles. The lowest BCUT2D eigenvalue weighted by Gasteiger charge is -2.35. The van der Waals surface area contributed by atoms with Crippen molar-refractivity contribution >= 4 is 5.91 Å². The molecule has 0 N–H and O–H groups in total. The number of nitrogens with zero attached hydrogens (tertiary/aromatic N) is 4. The van der Waals surface area contributed by atoms with Crippen LogP contribution in [0.3, 0.4) is 0 Å². The predicted molar refractivity (Wildman–Crippen MR) is 77.3 cm³/mol. The Balaban J connectivity index is 1.76. The maximum absolute atomic E-state index is 12.5. The number of aromatic nitrogens is 3. The first-order chi connectivity index (χ1) is 10.1. The molecule has 110 valence electrons. The number of hydrogen-bond donors (Lipinski definition) is 0. The summed E-state index contributed by atoms with van der Waals surface area (Å²) in [5.74, 6) is 0.691. The molecule has 1 amide bonds. The van der Waals surface area contributed by atoms with E-state index in [1.165, 1.54) is 0 Å². The van der Waals surface area contributed by atoms with Gasteiger partial charge in [0.05, 0.1) is 17.8 Å². The van der Waals surface area contributed by atoms with Crippen LogP contribution >= 0.6 is 0 Å². The zero-order valence-electron chi connectivity index (χ0n) is 12.1. The summed E-state index contributed by atoms with van der Waals surface area (Å²) in [6.07, 6.45) is 5.24. The molecule has 6 heteroatoms.